The minimum Gasteiger partial charge on any atom is -0.479 e. The van der Waals surface area contributed by atoms with Crippen molar-refractivity contribution in [2.24, 2.45) is 0 Å². The summed E-state index contributed by atoms with van der Waals surface area (Å²) in [5.41, 5.74) is 2.31. The summed E-state index contributed by atoms with van der Waals surface area (Å²) in [5.74, 6) is 0.743. The molecule has 0 aliphatic rings. The average molecular weight is 349 g/mol. The molecule has 0 unspecified atom stereocenters. The minimum absolute atomic E-state index is 0.421. The summed E-state index contributed by atoms with van der Waals surface area (Å²) >= 11 is 3.33. The van der Waals surface area contributed by atoms with Crippen LogP contribution in [0.2, 0.25) is 0 Å². The molecule has 21 heavy (non-hydrogen) atoms. The third kappa shape index (κ3) is 4.33. The molecule has 3 nitrogen and oxygen atoms in total. The van der Waals surface area contributed by atoms with Crippen LogP contribution in [0, 0.1) is 13.8 Å². The van der Waals surface area contributed by atoms with Gasteiger partial charge >= 0.3 is 5.97 Å². The van der Waals surface area contributed by atoms with Crippen LogP contribution in [0.4, 0.5) is 0 Å². The molecule has 0 amide bonds. The first kappa shape index (κ1) is 15.6. The van der Waals surface area contributed by atoms with E-state index in [-0.39, 0.29) is 0 Å². The Labute approximate surface area is 133 Å². The molecule has 0 saturated carbocycles. The molecule has 0 radical (unpaired) electrons. The third-order valence-corrected chi connectivity index (χ3v) is 3.68. The maximum absolute atomic E-state index is 12.0. The van der Waals surface area contributed by atoms with Gasteiger partial charge in [0.25, 0.3) is 0 Å². The van der Waals surface area contributed by atoms with Crippen LogP contribution < -0.4 is 9.47 Å². The Morgan fingerprint density at radius 1 is 1.00 bits per heavy atom. The lowest BCUT2D eigenvalue weighted by molar-refractivity contribution is -0.141. The summed E-state index contributed by atoms with van der Waals surface area (Å²) in [6.45, 7) is 5.72. The fourth-order valence-corrected chi connectivity index (χ4v) is 2.01. The Balaban J connectivity index is 1.98. The number of halogens is 1. The highest BCUT2D eigenvalue weighted by Crippen LogP contribution is 2.19. The highest BCUT2D eigenvalue weighted by molar-refractivity contribution is 9.10. The van der Waals surface area contributed by atoms with Crippen molar-refractivity contribution < 1.29 is 14.3 Å². The smallest absolute Gasteiger partial charge is 0.352 e. The highest BCUT2D eigenvalue weighted by Gasteiger charge is 2.17. The quantitative estimate of drug-likeness (QED) is 0.605. The number of carbonyl (C=O) groups excluding carboxylic acids is 1. The largest absolute Gasteiger partial charge is 0.479 e. The third-order valence-electron chi connectivity index (χ3n) is 3.16. The van der Waals surface area contributed by atoms with Gasteiger partial charge in [0, 0.05) is 4.47 Å². The summed E-state index contributed by atoms with van der Waals surface area (Å²) in [5, 5.41) is 0. The highest BCUT2D eigenvalue weighted by atomic mass is 79.9. The Morgan fingerprint density at radius 2 is 1.62 bits per heavy atom. The standard InChI is InChI=1S/C17H17BrO3/c1-11-4-7-16(10-12(11)2)20-13(3)17(19)21-15-8-5-14(18)6-9-15/h4-10,13H,1-3H3/t13-/m0/s1. The van der Waals surface area contributed by atoms with Gasteiger partial charge < -0.3 is 9.47 Å². The predicted octanol–water partition coefficient (Wildman–Crippen LogP) is 4.44. The molecule has 1 atom stereocenters. The van der Waals surface area contributed by atoms with Crippen LogP contribution in [0.3, 0.4) is 0 Å². The normalized spacial score (nSPS) is 11.8. The fraction of sp³-hybridized carbons (Fsp3) is 0.235. The fourth-order valence-electron chi connectivity index (χ4n) is 1.74. The zero-order valence-corrected chi connectivity index (χ0v) is 13.8. The molecule has 110 valence electrons. The summed E-state index contributed by atoms with van der Waals surface area (Å²) < 4.78 is 11.8. The van der Waals surface area contributed by atoms with Gasteiger partial charge in [0.1, 0.15) is 11.5 Å². The van der Waals surface area contributed by atoms with Crippen molar-refractivity contribution in [3.8, 4) is 11.5 Å². The van der Waals surface area contributed by atoms with E-state index in [0.29, 0.717) is 11.5 Å². The predicted molar refractivity (Wildman–Crippen MR) is 85.8 cm³/mol. The van der Waals surface area contributed by atoms with Crippen molar-refractivity contribution >= 4 is 21.9 Å². The van der Waals surface area contributed by atoms with Crippen LogP contribution in [0.1, 0.15) is 18.1 Å². The van der Waals surface area contributed by atoms with Crippen molar-refractivity contribution in [3.05, 3.63) is 58.1 Å². The zero-order chi connectivity index (χ0) is 15.4. The van der Waals surface area contributed by atoms with E-state index in [9.17, 15) is 4.79 Å². The molecule has 2 rings (SSSR count). The van der Waals surface area contributed by atoms with Crippen LogP contribution in [0.25, 0.3) is 0 Å². The van der Waals surface area contributed by atoms with Crippen LogP contribution in [0.5, 0.6) is 11.5 Å². The number of benzene rings is 2. The Hall–Kier alpha value is -1.81. The minimum atomic E-state index is -0.671. The van der Waals surface area contributed by atoms with E-state index in [0.717, 1.165) is 10.0 Å². The summed E-state index contributed by atoms with van der Waals surface area (Å²) in [6, 6.07) is 12.8. The van der Waals surface area contributed by atoms with Crippen molar-refractivity contribution in [1.29, 1.82) is 0 Å². The molecule has 0 saturated heterocycles. The molecule has 2 aromatic carbocycles. The maximum Gasteiger partial charge on any atom is 0.352 e. The van der Waals surface area contributed by atoms with Gasteiger partial charge in [0.2, 0.25) is 0 Å². The Kier molecular flexibility index (Phi) is 5.02. The average Bonchev–Trinajstić information content (AvgIpc) is 2.45. The molecule has 0 aliphatic carbocycles. The molecule has 0 heterocycles. The summed E-state index contributed by atoms with van der Waals surface area (Å²) in [6.07, 6.45) is -0.671. The van der Waals surface area contributed by atoms with Crippen LogP contribution in [-0.2, 0) is 4.79 Å². The molecule has 2 aromatic rings. The second kappa shape index (κ2) is 6.76. The molecule has 0 spiro atoms. The lowest BCUT2D eigenvalue weighted by atomic mass is 10.1. The maximum atomic E-state index is 12.0. The van der Waals surface area contributed by atoms with Gasteiger partial charge in [-0.3, -0.25) is 0 Å². The first-order valence-corrected chi connectivity index (χ1v) is 7.46. The Bertz CT molecular complexity index is 635. The van der Waals surface area contributed by atoms with Crippen LogP contribution in [0.15, 0.2) is 46.9 Å². The second-order valence-electron chi connectivity index (χ2n) is 4.88. The molecule has 0 aliphatic heterocycles. The van der Waals surface area contributed by atoms with Gasteiger partial charge in [-0.05, 0) is 68.3 Å². The SMILES string of the molecule is Cc1ccc(O[C@@H](C)C(=O)Oc2ccc(Br)cc2)cc1C. The van der Waals surface area contributed by atoms with Gasteiger partial charge in [0.15, 0.2) is 6.10 Å². The topological polar surface area (TPSA) is 35.5 Å². The number of ether oxygens (including phenoxy) is 2. The molecule has 0 aromatic heterocycles. The van der Waals surface area contributed by atoms with E-state index in [1.807, 2.05) is 44.2 Å². The van der Waals surface area contributed by atoms with Crippen LogP contribution >= 0.6 is 15.9 Å². The number of aryl methyl sites for hydroxylation is 2. The van der Waals surface area contributed by atoms with E-state index >= 15 is 0 Å². The van der Waals surface area contributed by atoms with E-state index in [1.165, 1.54) is 5.56 Å². The number of hydrogen-bond acceptors (Lipinski definition) is 3. The first-order chi connectivity index (χ1) is 9.95. The molecule has 4 heteroatoms. The van der Waals surface area contributed by atoms with Gasteiger partial charge in [0.05, 0.1) is 0 Å². The number of esters is 1. The summed E-state index contributed by atoms with van der Waals surface area (Å²) in [4.78, 5) is 12.0. The van der Waals surface area contributed by atoms with Crippen molar-refractivity contribution in [3.63, 3.8) is 0 Å². The monoisotopic (exact) mass is 348 g/mol. The Morgan fingerprint density at radius 3 is 2.24 bits per heavy atom. The van der Waals surface area contributed by atoms with Gasteiger partial charge in [-0.15, -0.1) is 0 Å². The number of hydrogen-bond donors (Lipinski definition) is 0. The number of rotatable bonds is 4. The van der Waals surface area contributed by atoms with E-state index in [1.54, 1.807) is 19.1 Å². The molecule has 0 N–H and O–H groups in total. The van der Waals surface area contributed by atoms with E-state index < -0.39 is 12.1 Å². The summed E-state index contributed by atoms with van der Waals surface area (Å²) in [7, 11) is 0. The van der Waals surface area contributed by atoms with Crippen molar-refractivity contribution in [2.75, 3.05) is 0 Å². The van der Waals surface area contributed by atoms with E-state index in [4.69, 9.17) is 9.47 Å². The molecular formula is C17H17BrO3. The van der Waals surface area contributed by atoms with Crippen molar-refractivity contribution in [1.82, 2.24) is 0 Å². The zero-order valence-electron chi connectivity index (χ0n) is 12.2. The van der Waals surface area contributed by atoms with Gasteiger partial charge in [-0.25, -0.2) is 4.79 Å². The molecule has 0 bridgehead atoms. The van der Waals surface area contributed by atoms with Crippen molar-refractivity contribution in [2.45, 2.75) is 26.9 Å². The van der Waals surface area contributed by atoms with Crippen LogP contribution in [-0.4, -0.2) is 12.1 Å². The number of carbonyl (C=O) groups is 1. The van der Waals surface area contributed by atoms with Gasteiger partial charge in [-0.2, -0.15) is 0 Å². The first-order valence-electron chi connectivity index (χ1n) is 6.67. The molecule has 0 fully saturated rings. The van der Waals surface area contributed by atoms with E-state index in [2.05, 4.69) is 15.9 Å². The molecular weight excluding hydrogens is 332 g/mol. The van der Waals surface area contributed by atoms with Gasteiger partial charge in [-0.1, -0.05) is 22.0 Å². The lowest BCUT2D eigenvalue weighted by Crippen LogP contribution is -2.28. The lowest BCUT2D eigenvalue weighted by Gasteiger charge is -2.14. The second-order valence-corrected chi connectivity index (χ2v) is 5.80.